The molecular weight excluding hydrogens is 1330 g/mol. The molecule has 0 aliphatic heterocycles. The summed E-state index contributed by atoms with van der Waals surface area (Å²) < 4.78 is 68.5. The molecule has 3 unspecified atom stereocenters. The Hall–Kier alpha value is -4.54. The molecule has 0 radical (unpaired) electrons. The maximum atomic E-state index is 13.1. The number of aliphatic hydroxyl groups is 1. The minimum atomic E-state index is -5.00. The molecule has 0 aromatic carbocycles. The van der Waals surface area contributed by atoms with Crippen LogP contribution in [0.15, 0.2) is 122 Å². The zero-order valence-electron chi connectivity index (χ0n) is 64.0. The van der Waals surface area contributed by atoms with E-state index in [1.54, 1.807) is 0 Å². The molecule has 0 aromatic heterocycles. The number of hydrogen-bond donors (Lipinski definition) is 3. The monoisotopic (exact) mass is 1470 g/mol. The predicted octanol–water partition coefficient (Wildman–Crippen LogP) is 23.1. The van der Waals surface area contributed by atoms with Crippen LogP contribution >= 0.6 is 15.6 Å². The van der Waals surface area contributed by atoms with Crippen LogP contribution in [0.2, 0.25) is 0 Å². The molecule has 0 aromatic rings. The molecule has 0 saturated heterocycles. The summed E-state index contributed by atoms with van der Waals surface area (Å²) in [6, 6.07) is 0. The van der Waals surface area contributed by atoms with Crippen LogP contribution in [0.1, 0.15) is 323 Å². The number of allylic oxidation sites excluding steroid dienone is 20. The molecule has 0 aliphatic carbocycles. The molecule has 0 saturated carbocycles. The van der Waals surface area contributed by atoms with E-state index < -0.39 is 97.5 Å². The minimum Gasteiger partial charge on any atom is -0.462 e. The fourth-order valence-electron chi connectivity index (χ4n) is 10.3. The van der Waals surface area contributed by atoms with Gasteiger partial charge in [0.15, 0.2) is 12.2 Å². The fraction of sp³-hybridized carbons (Fsp3) is 0.711. The summed E-state index contributed by atoms with van der Waals surface area (Å²) in [6.45, 7) is 4.61. The second-order valence-corrected chi connectivity index (χ2v) is 29.2. The molecule has 0 amide bonds. The van der Waals surface area contributed by atoms with Crippen molar-refractivity contribution in [3.8, 4) is 0 Å². The quantitative estimate of drug-likeness (QED) is 0.0169. The summed E-state index contributed by atoms with van der Waals surface area (Å²) >= 11 is 0. The van der Waals surface area contributed by atoms with Crippen molar-refractivity contribution >= 4 is 39.5 Å². The lowest BCUT2D eigenvalue weighted by Crippen LogP contribution is -2.30. The van der Waals surface area contributed by atoms with Crippen molar-refractivity contribution in [3.05, 3.63) is 122 Å². The van der Waals surface area contributed by atoms with E-state index in [0.29, 0.717) is 32.1 Å². The number of carbonyl (C=O) groups excluding carboxylic acids is 4. The van der Waals surface area contributed by atoms with E-state index in [1.165, 1.54) is 83.5 Å². The lowest BCUT2D eigenvalue weighted by atomic mass is 10.1. The Balaban J connectivity index is 5.43. The molecule has 586 valence electrons. The SMILES string of the molecule is CCC=CCC=CCC=CCC=CCC=CCC=CCCC(=O)OC[C@H](COP(=O)(O)OCC(O)COP(=O)(O)OC[C@@H](COC(=O)CCCCCCCCCC=CCCCCCC)OC(=O)CCCCCCCC=CCCCCCC)OC(=O)CCCCCCCC=CCC=CCCCCC. The number of esters is 4. The van der Waals surface area contributed by atoms with Gasteiger partial charge in [-0.2, -0.15) is 0 Å². The van der Waals surface area contributed by atoms with Crippen molar-refractivity contribution in [2.24, 2.45) is 0 Å². The van der Waals surface area contributed by atoms with E-state index in [2.05, 4.69) is 131 Å². The molecule has 3 N–H and O–H groups in total. The summed E-state index contributed by atoms with van der Waals surface area (Å²) in [5.74, 6) is -2.30. The highest BCUT2D eigenvalue weighted by Crippen LogP contribution is 2.45. The number of hydrogen-bond acceptors (Lipinski definition) is 15. The Bertz CT molecular complexity index is 2410. The molecule has 0 bridgehead atoms. The van der Waals surface area contributed by atoms with E-state index in [1.807, 2.05) is 18.2 Å². The number of phosphoric acid groups is 2. The lowest BCUT2D eigenvalue weighted by Gasteiger charge is -2.21. The van der Waals surface area contributed by atoms with E-state index in [9.17, 15) is 43.2 Å². The van der Waals surface area contributed by atoms with Crippen molar-refractivity contribution in [2.75, 3.05) is 39.6 Å². The van der Waals surface area contributed by atoms with Crippen LogP contribution in [0, 0.1) is 0 Å². The highest BCUT2D eigenvalue weighted by Gasteiger charge is 2.30. The Labute approximate surface area is 619 Å². The topological polar surface area (TPSA) is 237 Å². The first-order valence-electron chi connectivity index (χ1n) is 39.8. The molecule has 0 heterocycles. The molecule has 0 rings (SSSR count). The van der Waals surface area contributed by atoms with Gasteiger partial charge in [0.1, 0.15) is 19.3 Å². The molecule has 17 nitrogen and oxygen atoms in total. The van der Waals surface area contributed by atoms with Crippen LogP contribution in [0.3, 0.4) is 0 Å². The number of carbonyl (C=O) groups is 4. The molecule has 19 heteroatoms. The maximum absolute atomic E-state index is 13.1. The standard InChI is InChI=1S/C83H142O17P2/c1-5-9-13-17-21-25-29-33-36-37-38-39-42-45-48-52-56-60-64-68-81(86)94-74-79(100-83(88)70-66-62-58-54-50-46-41-35-31-27-23-19-15-11-7-3)76-98-102(91,92)96-72-77(84)71-95-101(89,90)97-75-78(99-82(87)69-65-61-57-53-49-43-32-28-24-20-16-12-8-4)73-93-80(85)67-63-59-55-51-47-44-40-34-30-26-22-18-14-10-6-2/h9,13,21,23,25-28,30,32-33,35-36,38-39,41,45,48,56,60,77-79,84H,5-8,10-12,14-20,22,24,29,31,34,37,40,42-44,46-47,49-55,57-59,61-76H2,1-4H3,(H,89,90)(H,91,92)/t77?,78-,79-/m1/s1. The van der Waals surface area contributed by atoms with Crippen LogP contribution in [0.5, 0.6) is 0 Å². The van der Waals surface area contributed by atoms with Gasteiger partial charge in [0, 0.05) is 25.7 Å². The van der Waals surface area contributed by atoms with E-state index >= 15 is 0 Å². The third kappa shape index (κ3) is 73.8. The molecule has 102 heavy (non-hydrogen) atoms. The summed E-state index contributed by atoms with van der Waals surface area (Å²) in [5.41, 5.74) is 0. The predicted molar refractivity (Wildman–Crippen MR) is 418 cm³/mol. The largest absolute Gasteiger partial charge is 0.472 e. The second kappa shape index (κ2) is 74.7. The molecular formula is C83H142O17P2. The van der Waals surface area contributed by atoms with Gasteiger partial charge in [0.25, 0.3) is 0 Å². The van der Waals surface area contributed by atoms with Crippen LogP contribution in [0.25, 0.3) is 0 Å². The zero-order valence-corrected chi connectivity index (χ0v) is 65.8. The first kappa shape index (κ1) is 97.5. The van der Waals surface area contributed by atoms with Gasteiger partial charge in [-0.05, 0) is 148 Å². The Kier molecular flexibility index (Phi) is 71.4. The average Bonchev–Trinajstić information content (AvgIpc) is 0.924. The third-order valence-electron chi connectivity index (χ3n) is 16.4. The van der Waals surface area contributed by atoms with Crippen molar-refractivity contribution in [3.63, 3.8) is 0 Å². The number of phosphoric ester groups is 2. The van der Waals surface area contributed by atoms with Gasteiger partial charge in [-0.25, -0.2) is 9.13 Å². The van der Waals surface area contributed by atoms with Gasteiger partial charge in [0.2, 0.25) is 0 Å². The lowest BCUT2D eigenvalue weighted by molar-refractivity contribution is -0.161. The number of unbranched alkanes of at least 4 members (excludes halogenated alkanes) is 28. The highest BCUT2D eigenvalue weighted by atomic mass is 31.2. The van der Waals surface area contributed by atoms with Crippen LogP contribution in [-0.2, 0) is 65.4 Å². The summed E-state index contributed by atoms with van der Waals surface area (Å²) in [7, 11) is -9.98. The van der Waals surface area contributed by atoms with E-state index in [-0.39, 0.29) is 25.7 Å². The highest BCUT2D eigenvalue weighted by molar-refractivity contribution is 7.47. The number of ether oxygens (including phenoxy) is 4. The van der Waals surface area contributed by atoms with Crippen molar-refractivity contribution < 1.29 is 80.2 Å². The molecule has 0 aliphatic rings. The molecule has 0 fully saturated rings. The van der Waals surface area contributed by atoms with Gasteiger partial charge in [-0.3, -0.25) is 37.3 Å². The Morgan fingerprint density at radius 3 is 0.873 bits per heavy atom. The minimum absolute atomic E-state index is 0.0310. The maximum Gasteiger partial charge on any atom is 0.472 e. The van der Waals surface area contributed by atoms with E-state index in [0.717, 1.165) is 154 Å². The van der Waals surface area contributed by atoms with Crippen LogP contribution in [0.4, 0.5) is 0 Å². The van der Waals surface area contributed by atoms with Gasteiger partial charge in [-0.1, -0.05) is 271 Å². The molecule has 5 atom stereocenters. The Morgan fingerprint density at radius 1 is 0.284 bits per heavy atom. The van der Waals surface area contributed by atoms with Crippen molar-refractivity contribution in [2.45, 2.75) is 341 Å². The fourth-order valence-corrected chi connectivity index (χ4v) is 11.9. The Morgan fingerprint density at radius 2 is 0.529 bits per heavy atom. The summed E-state index contributed by atoms with van der Waals surface area (Å²) in [6.07, 6.45) is 81.9. The second-order valence-electron chi connectivity index (χ2n) is 26.3. The van der Waals surface area contributed by atoms with Gasteiger partial charge in [0.05, 0.1) is 26.4 Å². The first-order valence-corrected chi connectivity index (χ1v) is 42.8. The van der Waals surface area contributed by atoms with Gasteiger partial charge in [-0.15, -0.1) is 0 Å². The van der Waals surface area contributed by atoms with E-state index in [4.69, 9.17) is 37.0 Å². The zero-order chi connectivity index (χ0) is 74.6. The summed E-state index contributed by atoms with van der Waals surface area (Å²) in [4.78, 5) is 72.9. The van der Waals surface area contributed by atoms with Gasteiger partial charge < -0.3 is 33.8 Å². The van der Waals surface area contributed by atoms with Crippen LogP contribution < -0.4 is 0 Å². The number of aliphatic hydroxyl groups excluding tert-OH is 1. The number of rotatable bonds is 74. The normalized spacial score (nSPS) is 14.5. The molecule has 0 spiro atoms. The summed E-state index contributed by atoms with van der Waals surface area (Å²) in [5, 5.41) is 10.6. The van der Waals surface area contributed by atoms with Crippen molar-refractivity contribution in [1.82, 2.24) is 0 Å². The smallest absolute Gasteiger partial charge is 0.462 e. The first-order chi connectivity index (χ1) is 49.7. The average molecular weight is 1470 g/mol. The third-order valence-corrected chi connectivity index (χ3v) is 18.3. The van der Waals surface area contributed by atoms with Crippen LogP contribution in [-0.4, -0.2) is 96.7 Å². The van der Waals surface area contributed by atoms with Gasteiger partial charge >= 0.3 is 39.5 Å². The van der Waals surface area contributed by atoms with Crippen molar-refractivity contribution in [1.29, 1.82) is 0 Å².